The highest BCUT2D eigenvalue weighted by atomic mass is 32.2. The second-order valence-corrected chi connectivity index (χ2v) is 11.2. The predicted molar refractivity (Wildman–Crippen MR) is 131 cm³/mol. The van der Waals surface area contributed by atoms with E-state index in [4.69, 9.17) is 0 Å². The molecule has 3 atom stereocenters. The number of rotatable bonds is 7. The minimum absolute atomic E-state index is 0.115. The third-order valence-corrected chi connectivity index (χ3v) is 8.54. The van der Waals surface area contributed by atoms with Crippen molar-refractivity contribution >= 4 is 15.7 Å². The Labute approximate surface area is 208 Å². The highest BCUT2D eigenvalue weighted by molar-refractivity contribution is 7.89. The zero-order valence-corrected chi connectivity index (χ0v) is 20.3. The lowest BCUT2D eigenvalue weighted by atomic mass is 9.93. The van der Waals surface area contributed by atoms with Crippen molar-refractivity contribution in [3.8, 4) is 5.75 Å². The van der Waals surface area contributed by atoms with Crippen LogP contribution >= 0.6 is 0 Å². The summed E-state index contributed by atoms with van der Waals surface area (Å²) in [6.45, 7) is 0.347. The number of anilines is 1. The molecule has 2 aliphatic rings. The van der Waals surface area contributed by atoms with Gasteiger partial charge in [0.15, 0.2) is 0 Å². The molecular weight excluding hydrogens is 489 g/mol. The molecule has 2 aliphatic carbocycles. The minimum Gasteiger partial charge on any atom is -0.406 e. The SMILES string of the molecule is O=S(=O)(NC1C2CCC1Cc1cc(NCc3cccc(OC(F)(F)F)c3)ccc1C2)c1ccccc1. The lowest BCUT2D eigenvalue weighted by Gasteiger charge is -2.23. The number of sulfonamides is 1. The Morgan fingerprint density at radius 3 is 2.31 bits per heavy atom. The Morgan fingerprint density at radius 1 is 0.861 bits per heavy atom. The first-order chi connectivity index (χ1) is 17.2. The zero-order valence-electron chi connectivity index (χ0n) is 19.5. The summed E-state index contributed by atoms with van der Waals surface area (Å²) in [5.41, 5.74) is 3.94. The standard InChI is InChI=1S/C27H27F3N2O3S/c28-27(29,30)35-24-6-4-5-18(13-24)17-31-23-12-11-19-14-20-9-10-21(15-22(19)16-23)26(20)32-36(33,34)25-7-2-1-3-8-25/h1-8,11-13,16,20-21,26,31-32H,9-10,14-15,17H2. The van der Waals surface area contributed by atoms with Crippen LogP contribution in [-0.4, -0.2) is 20.8 Å². The fourth-order valence-electron chi connectivity index (χ4n) is 5.42. The summed E-state index contributed by atoms with van der Waals surface area (Å²) in [6, 6.07) is 20.4. The van der Waals surface area contributed by atoms with Gasteiger partial charge in [-0.15, -0.1) is 13.2 Å². The van der Waals surface area contributed by atoms with Crippen molar-refractivity contribution < 1.29 is 26.3 Å². The van der Waals surface area contributed by atoms with Crippen LogP contribution in [0, 0.1) is 11.8 Å². The number of fused-ring (bicyclic) bond motifs is 3. The number of ether oxygens (including phenoxy) is 1. The molecule has 0 amide bonds. The molecule has 3 unspecified atom stereocenters. The van der Waals surface area contributed by atoms with Crippen LogP contribution < -0.4 is 14.8 Å². The fraction of sp³-hybridized carbons (Fsp3) is 0.333. The van der Waals surface area contributed by atoms with Crippen molar-refractivity contribution in [2.75, 3.05) is 5.32 Å². The Balaban J connectivity index is 1.27. The summed E-state index contributed by atoms with van der Waals surface area (Å²) in [5.74, 6) is 0.204. The summed E-state index contributed by atoms with van der Waals surface area (Å²) in [7, 11) is -3.59. The first-order valence-corrected chi connectivity index (χ1v) is 13.4. The molecule has 2 N–H and O–H groups in total. The number of halogens is 3. The highest BCUT2D eigenvalue weighted by Crippen LogP contribution is 2.41. The van der Waals surface area contributed by atoms with E-state index in [1.54, 1.807) is 36.4 Å². The van der Waals surface area contributed by atoms with E-state index in [2.05, 4.69) is 26.9 Å². The largest absolute Gasteiger partial charge is 0.573 e. The van der Waals surface area contributed by atoms with Crippen LogP contribution in [0.4, 0.5) is 18.9 Å². The van der Waals surface area contributed by atoms with Crippen LogP contribution in [-0.2, 0) is 29.4 Å². The van der Waals surface area contributed by atoms with E-state index >= 15 is 0 Å². The van der Waals surface area contributed by atoms with Crippen molar-refractivity contribution in [1.82, 2.24) is 4.72 Å². The van der Waals surface area contributed by atoms with Gasteiger partial charge in [-0.1, -0.05) is 36.4 Å². The molecule has 5 nitrogen and oxygen atoms in total. The summed E-state index contributed by atoms with van der Waals surface area (Å²) < 4.78 is 70.5. The van der Waals surface area contributed by atoms with Gasteiger partial charge in [0, 0.05) is 18.3 Å². The topological polar surface area (TPSA) is 67.4 Å². The van der Waals surface area contributed by atoms with Gasteiger partial charge in [-0.3, -0.25) is 0 Å². The van der Waals surface area contributed by atoms with Crippen LogP contribution in [0.3, 0.4) is 0 Å². The third-order valence-electron chi connectivity index (χ3n) is 7.07. The maximum atomic E-state index is 13.0. The first-order valence-electron chi connectivity index (χ1n) is 11.9. The van der Waals surface area contributed by atoms with E-state index in [0.29, 0.717) is 12.1 Å². The van der Waals surface area contributed by atoms with Gasteiger partial charge >= 0.3 is 6.36 Å². The van der Waals surface area contributed by atoms with E-state index in [1.807, 2.05) is 6.07 Å². The van der Waals surface area contributed by atoms with Crippen molar-refractivity contribution in [2.24, 2.45) is 11.8 Å². The maximum Gasteiger partial charge on any atom is 0.573 e. The van der Waals surface area contributed by atoms with Gasteiger partial charge in [-0.05, 0) is 90.6 Å². The van der Waals surface area contributed by atoms with E-state index in [9.17, 15) is 21.6 Å². The van der Waals surface area contributed by atoms with Crippen molar-refractivity contribution in [2.45, 2.75) is 49.5 Å². The third kappa shape index (κ3) is 5.68. The number of hydrogen-bond acceptors (Lipinski definition) is 4. The second kappa shape index (κ2) is 9.78. The van der Waals surface area contributed by atoms with Crippen LogP contribution in [0.15, 0.2) is 77.7 Å². The molecular formula is C27H27F3N2O3S. The first kappa shape index (κ1) is 24.6. The quantitative estimate of drug-likeness (QED) is 0.425. The van der Waals surface area contributed by atoms with Crippen LogP contribution in [0.1, 0.15) is 29.5 Å². The van der Waals surface area contributed by atoms with Gasteiger partial charge in [0.25, 0.3) is 0 Å². The average molecular weight is 517 g/mol. The van der Waals surface area contributed by atoms with Gasteiger partial charge < -0.3 is 10.1 Å². The van der Waals surface area contributed by atoms with E-state index in [1.165, 1.54) is 29.3 Å². The smallest absolute Gasteiger partial charge is 0.406 e. The van der Waals surface area contributed by atoms with E-state index in [-0.39, 0.29) is 28.5 Å². The molecule has 0 aromatic heterocycles. The van der Waals surface area contributed by atoms with Crippen molar-refractivity contribution in [3.05, 3.63) is 89.5 Å². The van der Waals surface area contributed by atoms with Crippen LogP contribution in [0.5, 0.6) is 5.75 Å². The van der Waals surface area contributed by atoms with Crippen molar-refractivity contribution in [3.63, 3.8) is 0 Å². The molecule has 190 valence electrons. The Bertz CT molecular complexity index is 1330. The Kier molecular flexibility index (Phi) is 6.70. The molecule has 0 aliphatic heterocycles. The summed E-state index contributed by atoms with van der Waals surface area (Å²) >= 11 is 0. The Hall–Kier alpha value is -3.04. The number of benzene rings is 3. The summed E-state index contributed by atoms with van der Waals surface area (Å²) in [5, 5.41) is 3.29. The lowest BCUT2D eigenvalue weighted by molar-refractivity contribution is -0.274. The summed E-state index contributed by atoms with van der Waals surface area (Å²) in [4.78, 5) is 0.280. The fourth-order valence-corrected chi connectivity index (χ4v) is 6.81. The molecule has 3 aromatic carbocycles. The minimum atomic E-state index is -4.73. The van der Waals surface area contributed by atoms with Crippen LogP contribution in [0.25, 0.3) is 0 Å². The molecule has 5 rings (SSSR count). The molecule has 36 heavy (non-hydrogen) atoms. The van der Waals surface area contributed by atoms with Gasteiger partial charge in [-0.2, -0.15) is 0 Å². The molecule has 0 saturated heterocycles. The van der Waals surface area contributed by atoms with Gasteiger partial charge in [0.05, 0.1) is 4.90 Å². The second-order valence-electron chi connectivity index (χ2n) is 9.50. The predicted octanol–water partition coefficient (Wildman–Crippen LogP) is 5.67. The Morgan fingerprint density at radius 2 is 1.58 bits per heavy atom. The molecule has 9 heteroatoms. The van der Waals surface area contributed by atoms with Gasteiger partial charge in [-0.25, -0.2) is 13.1 Å². The summed E-state index contributed by atoms with van der Waals surface area (Å²) in [6.07, 6.45) is -1.18. The van der Waals surface area contributed by atoms with Gasteiger partial charge in [0.1, 0.15) is 5.75 Å². The zero-order chi connectivity index (χ0) is 25.3. The van der Waals surface area contributed by atoms with E-state index in [0.717, 1.165) is 31.4 Å². The van der Waals surface area contributed by atoms with Crippen molar-refractivity contribution in [1.29, 1.82) is 0 Å². The molecule has 1 saturated carbocycles. The molecule has 1 fully saturated rings. The average Bonchev–Trinajstić information content (AvgIpc) is 3.10. The van der Waals surface area contributed by atoms with Crippen LogP contribution in [0.2, 0.25) is 0 Å². The van der Waals surface area contributed by atoms with E-state index < -0.39 is 16.4 Å². The molecule has 0 radical (unpaired) electrons. The number of hydrogen-bond donors (Lipinski definition) is 2. The number of alkyl halides is 3. The molecule has 0 heterocycles. The molecule has 0 spiro atoms. The monoisotopic (exact) mass is 516 g/mol. The highest BCUT2D eigenvalue weighted by Gasteiger charge is 2.41. The maximum absolute atomic E-state index is 13.0. The van der Waals surface area contributed by atoms with Gasteiger partial charge in [0.2, 0.25) is 10.0 Å². The normalized spacial score (nSPS) is 21.5. The molecule has 3 aromatic rings. The lowest BCUT2D eigenvalue weighted by Crippen LogP contribution is -2.41. The number of nitrogens with one attached hydrogen (secondary N) is 2. The molecule has 2 bridgehead atoms.